The van der Waals surface area contributed by atoms with Crippen molar-refractivity contribution in [1.82, 2.24) is 9.88 Å². The van der Waals surface area contributed by atoms with Crippen molar-refractivity contribution < 1.29 is 9.53 Å². The van der Waals surface area contributed by atoms with Gasteiger partial charge in [0.05, 0.1) is 12.7 Å². The van der Waals surface area contributed by atoms with Gasteiger partial charge < -0.3 is 15.0 Å². The van der Waals surface area contributed by atoms with Crippen LogP contribution in [0.1, 0.15) is 35.2 Å². The summed E-state index contributed by atoms with van der Waals surface area (Å²) >= 11 is 0. The van der Waals surface area contributed by atoms with Crippen molar-refractivity contribution in [3.05, 3.63) is 53.7 Å². The molecule has 0 saturated carbocycles. The highest BCUT2D eigenvalue weighted by atomic mass is 16.5. The molecule has 25 heavy (non-hydrogen) atoms. The molecule has 0 radical (unpaired) electrons. The molecule has 1 aliphatic heterocycles. The van der Waals surface area contributed by atoms with E-state index in [9.17, 15) is 4.79 Å². The van der Waals surface area contributed by atoms with E-state index >= 15 is 0 Å². The Morgan fingerprint density at radius 1 is 1.20 bits per heavy atom. The lowest BCUT2D eigenvalue weighted by atomic mass is 10.1. The third-order valence-corrected chi connectivity index (χ3v) is 4.52. The number of nitrogens with one attached hydrogen (secondary N) is 1. The number of amides is 1. The van der Waals surface area contributed by atoms with Gasteiger partial charge in [0.1, 0.15) is 11.6 Å². The Kier molecular flexibility index (Phi) is 5.88. The van der Waals surface area contributed by atoms with Crippen LogP contribution in [0.2, 0.25) is 0 Å². The van der Waals surface area contributed by atoms with Gasteiger partial charge in [-0.25, -0.2) is 4.98 Å². The Morgan fingerprint density at radius 2 is 2.04 bits per heavy atom. The maximum Gasteiger partial charge on any atom is 0.257 e. The maximum atomic E-state index is 12.8. The number of ether oxygens (including phenoxy) is 1. The number of likely N-dealkylation sites (tertiary alicyclic amines) is 1. The Morgan fingerprint density at radius 3 is 2.84 bits per heavy atom. The highest BCUT2D eigenvalue weighted by Crippen LogP contribution is 2.18. The fourth-order valence-electron chi connectivity index (χ4n) is 3.14. The average Bonchev–Trinajstić information content (AvgIpc) is 2.69. The number of pyridine rings is 1. The number of methoxy groups -OCH3 is 1. The third kappa shape index (κ3) is 4.50. The molecule has 5 heteroatoms. The van der Waals surface area contributed by atoms with Crippen molar-refractivity contribution in [3.8, 4) is 5.75 Å². The Hall–Kier alpha value is -2.56. The summed E-state index contributed by atoms with van der Waals surface area (Å²) in [6.07, 6.45) is 5.95. The highest BCUT2D eigenvalue weighted by molar-refractivity contribution is 5.98. The van der Waals surface area contributed by atoms with Crippen LogP contribution in [0.25, 0.3) is 0 Å². The largest absolute Gasteiger partial charge is 0.497 e. The summed E-state index contributed by atoms with van der Waals surface area (Å²) in [7, 11) is 1.67. The van der Waals surface area contributed by atoms with E-state index in [1.54, 1.807) is 13.3 Å². The third-order valence-electron chi connectivity index (χ3n) is 4.52. The SMILES string of the molecule is COc1cccc(CCNc2ncccc2C(=O)N2CCCCC2)c1. The van der Waals surface area contributed by atoms with Crippen LogP contribution in [-0.2, 0) is 6.42 Å². The van der Waals surface area contributed by atoms with Crippen molar-refractivity contribution in [2.24, 2.45) is 0 Å². The summed E-state index contributed by atoms with van der Waals surface area (Å²) in [6.45, 7) is 2.40. The zero-order chi connectivity index (χ0) is 17.5. The standard InChI is InChI=1S/C20H25N3O2/c1-25-17-8-5-7-16(15-17)10-12-22-19-18(9-6-11-21-19)20(24)23-13-3-2-4-14-23/h5-9,11,15H,2-4,10,12-14H2,1H3,(H,21,22). The van der Waals surface area contributed by atoms with Crippen LogP contribution in [0, 0.1) is 0 Å². The van der Waals surface area contributed by atoms with E-state index in [2.05, 4.69) is 16.4 Å². The molecule has 2 aromatic rings. The molecule has 1 saturated heterocycles. The highest BCUT2D eigenvalue weighted by Gasteiger charge is 2.21. The summed E-state index contributed by atoms with van der Waals surface area (Å²) < 4.78 is 5.25. The van der Waals surface area contributed by atoms with Gasteiger partial charge in [0.25, 0.3) is 5.91 Å². The molecular weight excluding hydrogens is 314 g/mol. The molecule has 0 unspecified atom stereocenters. The van der Waals surface area contributed by atoms with E-state index in [0.717, 1.165) is 38.1 Å². The summed E-state index contributed by atoms with van der Waals surface area (Å²) in [4.78, 5) is 19.1. The monoisotopic (exact) mass is 339 g/mol. The molecule has 132 valence electrons. The van der Waals surface area contributed by atoms with E-state index in [1.807, 2.05) is 35.2 Å². The van der Waals surface area contributed by atoms with Gasteiger partial charge in [-0.1, -0.05) is 12.1 Å². The normalized spacial score (nSPS) is 14.2. The number of anilines is 1. The predicted octanol–water partition coefficient (Wildman–Crippen LogP) is 3.37. The molecule has 1 aliphatic rings. The number of rotatable bonds is 6. The van der Waals surface area contributed by atoms with Gasteiger partial charge in [0, 0.05) is 25.8 Å². The molecule has 5 nitrogen and oxygen atoms in total. The van der Waals surface area contributed by atoms with Gasteiger partial charge in [-0.15, -0.1) is 0 Å². The predicted molar refractivity (Wildman–Crippen MR) is 99.2 cm³/mol. The fraction of sp³-hybridized carbons (Fsp3) is 0.400. The summed E-state index contributed by atoms with van der Waals surface area (Å²) in [5.74, 6) is 1.61. The van der Waals surface area contributed by atoms with Crippen LogP contribution in [-0.4, -0.2) is 42.5 Å². The Bertz CT molecular complexity index is 712. The minimum absolute atomic E-state index is 0.0803. The number of carbonyl (C=O) groups excluding carboxylic acids is 1. The zero-order valence-electron chi connectivity index (χ0n) is 14.7. The number of aromatic nitrogens is 1. The van der Waals surface area contributed by atoms with Crippen molar-refractivity contribution in [2.75, 3.05) is 32.1 Å². The van der Waals surface area contributed by atoms with Crippen LogP contribution in [0.3, 0.4) is 0 Å². The van der Waals surface area contributed by atoms with Gasteiger partial charge in [-0.2, -0.15) is 0 Å². The fourth-order valence-corrected chi connectivity index (χ4v) is 3.14. The van der Waals surface area contributed by atoms with Crippen LogP contribution in [0.15, 0.2) is 42.6 Å². The first-order chi connectivity index (χ1) is 12.3. The molecule has 0 spiro atoms. The first-order valence-corrected chi connectivity index (χ1v) is 8.89. The Balaban J connectivity index is 1.63. The lowest BCUT2D eigenvalue weighted by molar-refractivity contribution is 0.0725. The van der Waals surface area contributed by atoms with E-state index in [1.165, 1.54) is 12.0 Å². The number of carbonyl (C=O) groups is 1. The average molecular weight is 339 g/mol. The minimum Gasteiger partial charge on any atom is -0.497 e. The second-order valence-corrected chi connectivity index (χ2v) is 6.28. The topological polar surface area (TPSA) is 54.5 Å². The van der Waals surface area contributed by atoms with Crippen LogP contribution in [0.4, 0.5) is 5.82 Å². The van der Waals surface area contributed by atoms with Crippen LogP contribution in [0.5, 0.6) is 5.75 Å². The van der Waals surface area contributed by atoms with Gasteiger partial charge in [-0.05, 0) is 55.5 Å². The second kappa shape index (κ2) is 8.51. The van der Waals surface area contributed by atoms with E-state index < -0.39 is 0 Å². The molecule has 1 aromatic carbocycles. The molecule has 1 fully saturated rings. The van der Waals surface area contributed by atoms with E-state index in [0.29, 0.717) is 17.9 Å². The molecule has 0 atom stereocenters. The van der Waals surface area contributed by atoms with Crippen molar-refractivity contribution >= 4 is 11.7 Å². The lowest BCUT2D eigenvalue weighted by Crippen LogP contribution is -2.36. The van der Waals surface area contributed by atoms with Crippen LogP contribution < -0.4 is 10.1 Å². The van der Waals surface area contributed by atoms with E-state index in [4.69, 9.17) is 4.74 Å². The number of benzene rings is 1. The van der Waals surface area contributed by atoms with Gasteiger partial charge in [0.2, 0.25) is 0 Å². The van der Waals surface area contributed by atoms with Crippen LogP contribution >= 0.6 is 0 Å². The van der Waals surface area contributed by atoms with Gasteiger partial charge in [-0.3, -0.25) is 4.79 Å². The minimum atomic E-state index is 0.0803. The number of hydrogen-bond donors (Lipinski definition) is 1. The van der Waals surface area contributed by atoms with Crippen molar-refractivity contribution in [1.29, 1.82) is 0 Å². The summed E-state index contributed by atoms with van der Waals surface area (Å²) in [6, 6.07) is 11.7. The molecule has 1 N–H and O–H groups in total. The second-order valence-electron chi connectivity index (χ2n) is 6.28. The van der Waals surface area contributed by atoms with Gasteiger partial charge >= 0.3 is 0 Å². The molecular formula is C20H25N3O2. The maximum absolute atomic E-state index is 12.8. The molecule has 1 amide bonds. The van der Waals surface area contributed by atoms with Crippen molar-refractivity contribution in [3.63, 3.8) is 0 Å². The molecule has 0 aliphatic carbocycles. The molecule has 1 aromatic heterocycles. The number of hydrogen-bond acceptors (Lipinski definition) is 4. The lowest BCUT2D eigenvalue weighted by Gasteiger charge is -2.27. The summed E-state index contributed by atoms with van der Waals surface area (Å²) in [5, 5.41) is 3.32. The molecule has 3 rings (SSSR count). The van der Waals surface area contributed by atoms with Crippen molar-refractivity contribution in [2.45, 2.75) is 25.7 Å². The summed E-state index contributed by atoms with van der Waals surface area (Å²) in [5.41, 5.74) is 1.85. The molecule has 2 heterocycles. The quantitative estimate of drug-likeness (QED) is 0.877. The first kappa shape index (κ1) is 17.3. The van der Waals surface area contributed by atoms with Gasteiger partial charge in [0.15, 0.2) is 0 Å². The molecule has 0 bridgehead atoms. The number of nitrogens with zero attached hydrogens (tertiary/aromatic N) is 2. The van der Waals surface area contributed by atoms with E-state index in [-0.39, 0.29) is 5.91 Å². The number of piperidine rings is 1. The zero-order valence-corrected chi connectivity index (χ0v) is 14.7. The first-order valence-electron chi connectivity index (χ1n) is 8.89. The smallest absolute Gasteiger partial charge is 0.257 e. The Labute approximate surface area is 149 Å².